The Balaban J connectivity index is 1.31. The van der Waals surface area contributed by atoms with Crippen molar-refractivity contribution in [2.45, 2.75) is 43.5 Å². The second-order valence-electron chi connectivity index (χ2n) is 7.86. The maximum absolute atomic E-state index is 6.08. The van der Waals surface area contributed by atoms with E-state index in [4.69, 9.17) is 14.2 Å². The van der Waals surface area contributed by atoms with Gasteiger partial charge in [-0.15, -0.1) is 0 Å². The van der Waals surface area contributed by atoms with Crippen LogP contribution in [0.1, 0.15) is 30.7 Å². The Morgan fingerprint density at radius 3 is 2.82 bits per heavy atom. The average molecular weight is 298 g/mol. The molecule has 0 amide bonds. The highest BCUT2D eigenvalue weighted by atomic mass is 16.6. The van der Waals surface area contributed by atoms with E-state index in [-0.39, 0.29) is 0 Å². The molecule has 2 bridgehead atoms. The molecular weight excluding hydrogens is 276 g/mol. The predicted octanol–water partition coefficient (Wildman–Crippen LogP) is 2.99. The third kappa shape index (κ3) is 1.64. The zero-order chi connectivity index (χ0) is 14.3. The van der Waals surface area contributed by atoms with Crippen LogP contribution in [0.25, 0.3) is 0 Å². The molecule has 0 radical (unpaired) electrons. The first-order valence-electron chi connectivity index (χ1n) is 8.89. The van der Waals surface area contributed by atoms with Crippen LogP contribution < -0.4 is 4.74 Å². The van der Waals surface area contributed by atoms with Crippen molar-refractivity contribution in [3.8, 4) is 5.75 Å². The highest BCUT2D eigenvalue weighted by Gasteiger charge is 2.69. The Kier molecular flexibility index (Phi) is 2.40. The van der Waals surface area contributed by atoms with Gasteiger partial charge in [-0.3, -0.25) is 0 Å². The molecule has 0 spiro atoms. The smallest absolute Gasteiger partial charge is 0.122 e. The van der Waals surface area contributed by atoms with Gasteiger partial charge in [0, 0.05) is 0 Å². The third-order valence-corrected chi connectivity index (χ3v) is 6.91. The number of benzene rings is 1. The molecule has 3 saturated carbocycles. The molecule has 2 aliphatic heterocycles. The predicted molar refractivity (Wildman–Crippen MR) is 80.9 cm³/mol. The molecule has 6 rings (SSSR count). The molecule has 8 atom stereocenters. The SMILES string of the molecule is c1ccc(C2CCC3C4CC(C5OC45)C23)c(OCC2CO2)c1. The number of hydrogen-bond acceptors (Lipinski definition) is 3. The van der Waals surface area contributed by atoms with Crippen molar-refractivity contribution in [2.75, 3.05) is 13.2 Å². The van der Waals surface area contributed by atoms with E-state index in [0.717, 1.165) is 36.0 Å². The lowest BCUT2D eigenvalue weighted by Crippen LogP contribution is -2.26. The largest absolute Gasteiger partial charge is 0.490 e. The van der Waals surface area contributed by atoms with Gasteiger partial charge in [-0.1, -0.05) is 18.2 Å². The molecule has 0 N–H and O–H groups in total. The Bertz CT molecular complexity index is 608. The molecule has 1 aromatic carbocycles. The number of hydrogen-bond donors (Lipinski definition) is 0. The van der Waals surface area contributed by atoms with Crippen molar-refractivity contribution in [2.24, 2.45) is 23.7 Å². The minimum atomic E-state index is 0.326. The van der Waals surface area contributed by atoms with E-state index in [9.17, 15) is 0 Å². The third-order valence-electron chi connectivity index (χ3n) is 6.91. The van der Waals surface area contributed by atoms with E-state index in [1.807, 2.05) is 0 Å². The second-order valence-corrected chi connectivity index (χ2v) is 7.86. The van der Waals surface area contributed by atoms with Gasteiger partial charge in [0.15, 0.2) is 0 Å². The van der Waals surface area contributed by atoms with Crippen molar-refractivity contribution >= 4 is 0 Å². The Morgan fingerprint density at radius 2 is 1.91 bits per heavy atom. The van der Waals surface area contributed by atoms with E-state index in [1.165, 1.54) is 24.8 Å². The maximum atomic E-state index is 6.08. The first-order valence-corrected chi connectivity index (χ1v) is 8.89. The zero-order valence-corrected chi connectivity index (χ0v) is 12.7. The summed E-state index contributed by atoms with van der Waals surface area (Å²) in [7, 11) is 0. The molecule has 2 heterocycles. The van der Waals surface area contributed by atoms with E-state index < -0.39 is 0 Å². The molecular formula is C19H22O3. The average Bonchev–Trinajstić information content (AvgIpc) is 3.43. The molecule has 3 heteroatoms. The van der Waals surface area contributed by atoms with E-state index >= 15 is 0 Å². The van der Waals surface area contributed by atoms with Gasteiger partial charge in [0.1, 0.15) is 18.5 Å². The summed E-state index contributed by atoms with van der Waals surface area (Å²) in [6, 6.07) is 8.72. The summed E-state index contributed by atoms with van der Waals surface area (Å²) in [5.74, 6) is 5.24. The molecule has 5 fully saturated rings. The van der Waals surface area contributed by atoms with Crippen LogP contribution >= 0.6 is 0 Å². The zero-order valence-electron chi connectivity index (χ0n) is 12.7. The molecule has 2 saturated heterocycles. The first-order chi connectivity index (χ1) is 10.9. The lowest BCUT2D eigenvalue weighted by molar-refractivity contribution is 0.234. The topological polar surface area (TPSA) is 34.3 Å². The number of rotatable bonds is 4. The van der Waals surface area contributed by atoms with Gasteiger partial charge in [-0.2, -0.15) is 0 Å². The highest BCUT2D eigenvalue weighted by molar-refractivity contribution is 5.39. The van der Waals surface area contributed by atoms with Gasteiger partial charge in [-0.05, 0) is 60.5 Å². The molecule has 8 unspecified atom stereocenters. The van der Waals surface area contributed by atoms with Crippen molar-refractivity contribution in [1.29, 1.82) is 0 Å². The van der Waals surface area contributed by atoms with Crippen molar-refractivity contribution in [3.05, 3.63) is 29.8 Å². The van der Waals surface area contributed by atoms with Crippen LogP contribution in [-0.4, -0.2) is 31.5 Å². The summed E-state index contributed by atoms with van der Waals surface area (Å²) in [5.41, 5.74) is 1.44. The van der Waals surface area contributed by atoms with E-state index in [0.29, 0.717) is 30.8 Å². The van der Waals surface area contributed by atoms with Gasteiger partial charge < -0.3 is 14.2 Å². The molecule has 5 aliphatic rings. The summed E-state index contributed by atoms with van der Waals surface area (Å²) in [6.07, 6.45) is 5.74. The van der Waals surface area contributed by atoms with Crippen molar-refractivity contribution in [1.82, 2.24) is 0 Å². The Morgan fingerprint density at radius 1 is 1.05 bits per heavy atom. The molecule has 0 aromatic heterocycles. The van der Waals surface area contributed by atoms with Gasteiger partial charge in [0.25, 0.3) is 0 Å². The molecule has 3 nitrogen and oxygen atoms in total. The summed E-state index contributed by atoms with van der Waals surface area (Å²) >= 11 is 0. The van der Waals surface area contributed by atoms with Gasteiger partial charge in [-0.25, -0.2) is 0 Å². The summed E-state index contributed by atoms with van der Waals surface area (Å²) in [4.78, 5) is 0. The maximum Gasteiger partial charge on any atom is 0.122 e. The normalized spacial score (nSPS) is 49.8. The Hall–Kier alpha value is -1.06. The fraction of sp³-hybridized carbons (Fsp3) is 0.684. The second kappa shape index (κ2) is 4.27. The fourth-order valence-corrected chi connectivity index (χ4v) is 6.00. The Labute approximate surface area is 130 Å². The summed E-state index contributed by atoms with van der Waals surface area (Å²) < 4.78 is 17.3. The van der Waals surface area contributed by atoms with Crippen LogP contribution in [0.5, 0.6) is 5.75 Å². The highest BCUT2D eigenvalue weighted by Crippen LogP contribution is 2.69. The minimum Gasteiger partial charge on any atom is -0.490 e. The number of epoxide rings is 2. The quantitative estimate of drug-likeness (QED) is 0.801. The van der Waals surface area contributed by atoms with Crippen LogP contribution in [-0.2, 0) is 9.47 Å². The number of fused-ring (bicyclic) bond motifs is 8. The van der Waals surface area contributed by atoms with Crippen molar-refractivity contribution in [3.63, 3.8) is 0 Å². The molecule has 22 heavy (non-hydrogen) atoms. The van der Waals surface area contributed by atoms with Crippen LogP contribution in [0.2, 0.25) is 0 Å². The van der Waals surface area contributed by atoms with Crippen LogP contribution in [0.3, 0.4) is 0 Å². The van der Waals surface area contributed by atoms with Gasteiger partial charge in [0.2, 0.25) is 0 Å². The molecule has 3 aliphatic carbocycles. The number of ether oxygens (including phenoxy) is 3. The van der Waals surface area contributed by atoms with Crippen LogP contribution in [0.4, 0.5) is 0 Å². The van der Waals surface area contributed by atoms with Gasteiger partial charge >= 0.3 is 0 Å². The van der Waals surface area contributed by atoms with Crippen LogP contribution in [0.15, 0.2) is 24.3 Å². The van der Waals surface area contributed by atoms with E-state index in [1.54, 1.807) is 0 Å². The van der Waals surface area contributed by atoms with E-state index in [2.05, 4.69) is 24.3 Å². The molecule has 116 valence electrons. The van der Waals surface area contributed by atoms with Gasteiger partial charge in [0.05, 0.1) is 18.8 Å². The first kappa shape index (κ1) is 12.4. The minimum absolute atomic E-state index is 0.326. The van der Waals surface area contributed by atoms with Crippen LogP contribution in [0, 0.1) is 23.7 Å². The lowest BCUT2D eigenvalue weighted by Gasteiger charge is -2.28. The monoisotopic (exact) mass is 298 g/mol. The summed E-state index contributed by atoms with van der Waals surface area (Å²) in [6.45, 7) is 1.57. The van der Waals surface area contributed by atoms with Crippen molar-refractivity contribution < 1.29 is 14.2 Å². The number of para-hydroxylation sites is 1. The lowest BCUT2D eigenvalue weighted by atomic mass is 9.75. The standard InChI is InChI=1S/C19H22O3/c1-2-4-16(21-9-10-8-20-10)11(3-1)12-5-6-13-14-7-15(17(12)13)19-18(14)22-19/h1-4,10,12-15,17-19H,5-9H2. The fourth-order valence-electron chi connectivity index (χ4n) is 6.00. The molecule has 1 aromatic rings. The summed E-state index contributed by atoms with van der Waals surface area (Å²) in [5, 5.41) is 0.